The molecule has 13 heavy (non-hydrogen) atoms. The van der Waals surface area contributed by atoms with Gasteiger partial charge < -0.3 is 15.3 Å². The smallest absolute Gasteiger partial charge is 0.323 e. The second-order valence-electron chi connectivity index (χ2n) is 3.53. The molecule has 0 aromatic carbocycles. The summed E-state index contributed by atoms with van der Waals surface area (Å²) in [6.07, 6.45) is 0.614. The number of carbonyl (C=O) groups is 1. The molecule has 0 saturated carbocycles. The second-order valence-corrected chi connectivity index (χ2v) is 3.53. The van der Waals surface area contributed by atoms with Gasteiger partial charge in [0.1, 0.15) is 5.54 Å². The number of rotatable bonds is 6. The van der Waals surface area contributed by atoms with E-state index in [1.807, 2.05) is 7.05 Å². The van der Waals surface area contributed by atoms with E-state index in [0.717, 1.165) is 13.1 Å². The Bertz CT molecular complexity index is 173. The van der Waals surface area contributed by atoms with Gasteiger partial charge in [0.15, 0.2) is 0 Å². The molecule has 0 fully saturated rings. The zero-order chi connectivity index (χ0) is 10.5. The van der Waals surface area contributed by atoms with Gasteiger partial charge in [0.05, 0.1) is 0 Å². The van der Waals surface area contributed by atoms with E-state index in [0.29, 0.717) is 6.42 Å². The normalized spacial score (nSPS) is 15.8. The van der Waals surface area contributed by atoms with Gasteiger partial charge in [-0.15, -0.1) is 0 Å². The van der Waals surface area contributed by atoms with Crippen LogP contribution >= 0.6 is 0 Å². The Kier molecular flexibility index (Phi) is 4.95. The highest BCUT2D eigenvalue weighted by atomic mass is 16.4. The standard InChI is InChI=1S/C9H20N2O2/c1-5-11(4)7-6-9(2,10-3)8(12)13/h10H,5-7H2,1-4H3,(H,12,13). The summed E-state index contributed by atoms with van der Waals surface area (Å²) in [7, 11) is 3.66. The van der Waals surface area contributed by atoms with Gasteiger partial charge in [-0.2, -0.15) is 0 Å². The number of hydrogen-bond donors (Lipinski definition) is 2. The van der Waals surface area contributed by atoms with E-state index in [4.69, 9.17) is 5.11 Å². The Balaban J connectivity index is 4.05. The highest BCUT2D eigenvalue weighted by Crippen LogP contribution is 2.09. The van der Waals surface area contributed by atoms with Gasteiger partial charge in [-0.05, 0) is 34.0 Å². The average molecular weight is 188 g/mol. The second kappa shape index (κ2) is 5.19. The van der Waals surface area contributed by atoms with Crippen LogP contribution < -0.4 is 5.32 Å². The minimum absolute atomic E-state index is 0.614. The fourth-order valence-electron chi connectivity index (χ4n) is 0.911. The zero-order valence-corrected chi connectivity index (χ0v) is 8.92. The van der Waals surface area contributed by atoms with Crippen molar-refractivity contribution in [2.24, 2.45) is 0 Å². The predicted molar refractivity (Wildman–Crippen MR) is 52.9 cm³/mol. The molecule has 4 nitrogen and oxygen atoms in total. The summed E-state index contributed by atoms with van der Waals surface area (Å²) >= 11 is 0. The Labute approximate surface area is 79.9 Å². The van der Waals surface area contributed by atoms with Crippen LogP contribution in [-0.2, 0) is 4.79 Å². The molecular formula is C9H20N2O2. The van der Waals surface area contributed by atoms with Crippen LogP contribution in [0.15, 0.2) is 0 Å². The Hall–Kier alpha value is -0.610. The van der Waals surface area contributed by atoms with Crippen LogP contribution in [0, 0.1) is 0 Å². The van der Waals surface area contributed by atoms with Crippen LogP contribution in [0.1, 0.15) is 20.3 Å². The van der Waals surface area contributed by atoms with Crippen LogP contribution in [0.3, 0.4) is 0 Å². The lowest BCUT2D eigenvalue weighted by Crippen LogP contribution is -2.49. The van der Waals surface area contributed by atoms with Gasteiger partial charge in [0.25, 0.3) is 0 Å². The summed E-state index contributed by atoms with van der Waals surface area (Å²) < 4.78 is 0. The topological polar surface area (TPSA) is 52.6 Å². The lowest BCUT2D eigenvalue weighted by atomic mass is 9.98. The zero-order valence-electron chi connectivity index (χ0n) is 8.92. The summed E-state index contributed by atoms with van der Waals surface area (Å²) in [5, 5.41) is 11.8. The van der Waals surface area contributed by atoms with Crippen molar-refractivity contribution in [2.75, 3.05) is 27.2 Å². The number of nitrogens with one attached hydrogen (secondary N) is 1. The maximum Gasteiger partial charge on any atom is 0.323 e. The first-order valence-corrected chi connectivity index (χ1v) is 4.57. The molecule has 0 aliphatic heterocycles. The van der Waals surface area contributed by atoms with Gasteiger partial charge >= 0.3 is 5.97 Å². The van der Waals surface area contributed by atoms with Crippen molar-refractivity contribution in [1.82, 2.24) is 10.2 Å². The summed E-state index contributed by atoms with van der Waals surface area (Å²) in [5.74, 6) is -0.792. The van der Waals surface area contributed by atoms with E-state index in [-0.39, 0.29) is 0 Å². The number of nitrogens with zero attached hydrogens (tertiary/aromatic N) is 1. The van der Waals surface area contributed by atoms with Crippen LogP contribution in [-0.4, -0.2) is 48.7 Å². The fraction of sp³-hybridized carbons (Fsp3) is 0.889. The molecule has 0 amide bonds. The van der Waals surface area contributed by atoms with Crippen LogP contribution in [0.4, 0.5) is 0 Å². The van der Waals surface area contributed by atoms with Crippen LogP contribution in [0.25, 0.3) is 0 Å². The van der Waals surface area contributed by atoms with Crippen molar-refractivity contribution < 1.29 is 9.90 Å². The number of likely N-dealkylation sites (N-methyl/N-ethyl adjacent to an activating group) is 1. The molecule has 2 N–H and O–H groups in total. The van der Waals surface area contributed by atoms with E-state index in [9.17, 15) is 4.79 Å². The minimum Gasteiger partial charge on any atom is -0.480 e. The van der Waals surface area contributed by atoms with E-state index in [2.05, 4.69) is 17.1 Å². The molecule has 1 unspecified atom stereocenters. The Morgan fingerprint density at radius 1 is 1.62 bits per heavy atom. The molecule has 0 bridgehead atoms. The Morgan fingerprint density at radius 2 is 2.15 bits per heavy atom. The third-order valence-corrected chi connectivity index (χ3v) is 2.56. The van der Waals surface area contributed by atoms with E-state index < -0.39 is 11.5 Å². The summed E-state index contributed by atoms with van der Waals surface area (Å²) in [6, 6.07) is 0. The van der Waals surface area contributed by atoms with Gasteiger partial charge in [-0.3, -0.25) is 4.79 Å². The highest BCUT2D eigenvalue weighted by molar-refractivity contribution is 5.78. The molecule has 78 valence electrons. The molecule has 0 aromatic heterocycles. The maximum atomic E-state index is 10.9. The largest absolute Gasteiger partial charge is 0.480 e. The maximum absolute atomic E-state index is 10.9. The average Bonchev–Trinajstić information content (AvgIpc) is 2.13. The lowest BCUT2D eigenvalue weighted by Gasteiger charge is -2.26. The molecule has 1 atom stereocenters. The SMILES string of the molecule is CCN(C)CCC(C)(NC)C(=O)O. The third-order valence-electron chi connectivity index (χ3n) is 2.56. The molecular weight excluding hydrogens is 168 g/mol. The van der Waals surface area contributed by atoms with Gasteiger partial charge in [-0.25, -0.2) is 0 Å². The van der Waals surface area contributed by atoms with Crippen molar-refractivity contribution >= 4 is 5.97 Å². The number of carboxylic acids is 1. The third kappa shape index (κ3) is 3.74. The van der Waals surface area contributed by atoms with Gasteiger partial charge in [0, 0.05) is 6.54 Å². The number of carboxylic acid groups (broad SMARTS) is 1. The van der Waals surface area contributed by atoms with Crippen molar-refractivity contribution in [3.05, 3.63) is 0 Å². The minimum atomic E-state index is -0.802. The summed E-state index contributed by atoms with van der Waals surface area (Å²) in [5.41, 5.74) is -0.802. The van der Waals surface area contributed by atoms with E-state index in [1.165, 1.54) is 0 Å². The first kappa shape index (κ1) is 12.4. The monoisotopic (exact) mass is 188 g/mol. The molecule has 0 radical (unpaired) electrons. The first-order valence-electron chi connectivity index (χ1n) is 4.57. The van der Waals surface area contributed by atoms with Crippen LogP contribution in [0.2, 0.25) is 0 Å². The molecule has 0 rings (SSSR count). The van der Waals surface area contributed by atoms with E-state index in [1.54, 1.807) is 14.0 Å². The van der Waals surface area contributed by atoms with Gasteiger partial charge in [-0.1, -0.05) is 6.92 Å². The van der Waals surface area contributed by atoms with Crippen molar-refractivity contribution in [3.63, 3.8) is 0 Å². The summed E-state index contributed by atoms with van der Waals surface area (Å²) in [6.45, 7) is 5.50. The molecule has 4 heteroatoms. The molecule has 0 heterocycles. The fourth-order valence-corrected chi connectivity index (χ4v) is 0.911. The highest BCUT2D eigenvalue weighted by Gasteiger charge is 2.30. The van der Waals surface area contributed by atoms with Crippen molar-refractivity contribution in [2.45, 2.75) is 25.8 Å². The molecule has 0 aliphatic rings. The van der Waals surface area contributed by atoms with Crippen LogP contribution in [0.5, 0.6) is 0 Å². The Morgan fingerprint density at radius 3 is 2.46 bits per heavy atom. The molecule has 0 spiro atoms. The van der Waals surface area contributed by atoms with Crippen molar-refractivity contribution in [3.8, 4) is 0 Å². The summed E-state index contributed by atoms with van der Waals surface area (Å²) in [4.78, 5) is 13.0. The molecule has 0 saturated heterocycles. The predicted octanol–water partition coefficient (Wildman–Crippen LogP) is 0.391. The van der Waals surface area contributed by atoms with E-state index >= 15 is 0 Å². The molecule has 0 aliphatic carbocycles. The van der Waals surface area contributed by atoms with Crippen molar-refractivity contribution in [1.29, 1.82) is 0 Å². The quantitative estimate of drug-likeness (QED) is 0.633. The van der Waals surface area contributed by atoms with Gasteiger partial charge in [0.2, 0.25) is 0 Å². The number of aliphatic carboxylic acids is 1. The number of hydrogen-bond acceptors (Lipinski definition) is 3. The molecule has 0 aromatic rings. The lowest BCUT2D eigenvalue weighted by molar-refractivity contribution is -0.144. The first-order chi connectivity index (χ1) is 5.96.